The number of halogens is 3. The average molecular weight is 255 g/mol. The zero-order valence-electron chi connectivity index (χ0n) is 8.94. The summed E-state index contributed by atoms with van der Waals surface area (Å²) in [4.78, 5) is 7.38. The number of aromatic nitrogens is 2. The number of nitrogens with one attached hydrogen (secondary N) is 1. The smallest absolute Gasteiger partial charge is 0.416 e. The SMILES string of the molecule is Oc1nccnc1Nc1ccc(C(F)(F)F)cc1. The Morgan fingerprint density at radius 2 is 1.61 bits per heavy atom. The largest absolute Gasteiger partial charge is 0.491 e. The maximum Gasteiger partial charge on any atom is 0.416 e. The fraction of sp³-hybridized carbons (Fsp3) is 0.0909. The van der Waals surface area contributed by atoms with E-state index in [1.54, 1.807) is 0 Å². The Hall–Kier alpha value is -2.31. The zero-order valence-corrected chi connectivity index (χ0v) is 8.94. The first-order valence-corrected chi connectivity index (χ1v) is 4.91. The van der Waals surface area contributed by atoms with E-state index < -0.39 is 11.7 Å². The van der Waals surface area contributed by atoms with Gasteiger partial charge in [-0.15, -0.1) is 0 Å². The Kier molecular flexibility index (Phi) is 3.05. The summed E-state index contributed by atoms with van der Waals surface area (Å²) < 4.78 is 37.0. The van der Waals surface area contributed by atoms with Gasteiger partial charge in [0.1, 0.15) is 0 Å². The number of nitrogens with zero attached hydrogens (tertiary/aromatic N) is 2. The van der Waals surface area contributed by atoms with Crippen LogP contribution in [0.1, 0.15) is 5.56 Å². The van der Waals surface area contributed by atoms with Gasteiger partial charge in [0.05, 0.1) is 5.56 Å². The molecule has 0 aliphatic heterocycles. The first-order chi connectivity index (χ1) is 8.47. The van der Waals surface area contributed by atoms with Crippen LogP contribution in [0.5, 0.6) is 5.88 Å². The monoisotopic (exact) mass is 255 g/mol. The molecule has 2 rings (SSSR count). The van der Waals surface area contributed by atoms with Gasteiger partial charge in [0.2, 0.25) is 0 Å². The molecule has 0 spiro atoms. The summed E-state index contributed by atoms with van der Waals surface area (Å²) in [6.07, 6.45) is -1.72. The van der Waals surface area contributed by atoms with Crippen LogP contribution in [-0.4, -0.2) is 15.1 Å². The molecule has 0 aliphatic rings. The van der Waals surface area contributed by atoms with E-state index in [9.17, 15) is 18.3 Å². The van der Waals surface area contributed by atoms with Gasteiger partial charge in [-0.05, 0) is 24.3 Å². The molecule has 2 aromatic rings. The second kappa shape index (κ2) is 4.52. The van der Waals surface area contributed by atoms with Gasteiger partial charge < -0.3 is 10.4 Å². The fourth-order valence-corrected chi connectivity index (χ4v) is 1.30. The molecule has 0 saturated heterocycles. The molecule has 0 fully saturated rings. The highest BCUT2D eigenvalue weighted by molar-refractivity contribution is 5.59. The molecule has 1 aromatic heterocycles. The van der Waals surface area contributed by atoms with Gasteiger partial charge in [-0.3, -0.25) is 0 Å². The van der Waals surface area contributed by atoms with E-state index in [1.165, 1.54) is 24.5 Å². The van der Waals surface area contributed by atoms with Crippen molar-refractivity contribution < 1.29 is 18.3 Å². The number of hydrogen-bond acceptors (Lipinski definition) is 4. The normalized spacial score (nSPS) is 11.3. The van der Waals surface area contributed by atoms with Crippen molar-refractivity contribution in [3.63, 3.8) is 0 Å². The summed E-state index contributed by atoms with van der Waals surface area (Å²) in [7, 11) is 0. The zero-order chi connectivity index (χ0) is 13.2. The minimum atomic E-state index is -4.37. The van der Waals surface area contributed by atoms with Crippen LogP contribution >= 0.6 is 0 Å². The van der Waals surface area contributed by atoms with Gasteiger partial charge in [0, 0.05) is 18.1 Å². The van der Waals surface area contributed by atoms with Crippen molar-refractivity contribution in [3.05, 3.63) is 42.2 Å². The highest BCUT2D eigenvalue weighted by Crippen LogP contribution is 2.30. The third-order valence-electron chi connectivity index (χ3n) is 2.15. The summed E-state index contributed by atoms with van der Waals surface area (Å²) in [5.41, 5.74) is -0.366. The molecule has 0 radical (unpaired) electrons. The van der Waals surface area contributed by atoms with Crippen LogP contribution in [0.25, 0.3) is 0 Å². The van der Waals surface area contributed by atoms with Crippen molar-refractivity contribution in [1.82, 2.24) is 9.97 Å². The van der Waals surface area contributed by atoms with Crippen LogP contribution < -0.4 is 5.32 Å². The van der Waals surface area contributed by atoms with Gasteiger partial charge in [-0.1, -0.05) is 0 Å². The Labute approximate surface area is 100 Å². The van der Waals surface area contributed by atoms with Gasteiger partial charge in [0.25, 0.3) is 5.88 Å². The second-order valence-corrected chi connectivity index (χ2v) is 3.43. The van der Waals surface area contributed by atoms with Crippen molar-refractivity contribution in [2.45, 2.75) is 6.18 Å². The Balaban J connectivity index is 2.19. The van der Waals surface area contributed by atoms with E-state index in [0.717, 1.165) is 12.1 Å². The number of benzene rings is 1. The van der Waals surface area contributed by atoms with Crippen LogP contribution in [0, 0.1) is 0 Å². The van der Waals surface area contributed by atoms with E-state index in [-0.39, 0.29) is 11.7 Å². The molecule has 1 heterocycles. The van der Waals surface area contributed by atoms with Crippen LogP contribution in [0.3, 0.4) is 0 Å². The maximum atomic E-state index is 12.3. The first kappa shape index (κ1) is 12.2. The number of alkyl halides is 3. The van der Waals surface area contributed by atoms with Crippen molar-refractivity contribution in [1.29, 1.82) is 0 Å². The molecule has 0 aliphatic carbocycles. The van der Waals surface area contributed by atoms with Crippen molar-refractivity contribution in [2.75, 3.05) is 5.32 Å². The van der Waals surface area contributed by atoms with Gasteiger partial charge in [-0.2, -0.15) is 13.2 Å². The lowest BCUT2D eigenvalue weighted by Crippen LogP contribution is -2.04. The highest BCUT2D eigenvalue weighted by atomic mass is 19.4. The Morgan fingerprint density at radius 3 is 2.17 bits per heavy atom. The van der Waals surface area contributed by atoms with E-state index in [1.807, 2.05) is 0 Å². The second-order valence-electron chi connectivity index (χ2n) is 3.43. The molecule has 2 N–H and O–H groups in total. The molecule has 0 atom stereocenters. The lowest BCUT2D eigenvalue weighted by Gasteiger charge is -2.09. The van der Waals surface area contributed by atoms with E-state index in [0.29, 0.717) is 5.69 Å². The maximum absolute atomic E-state index is 12.3. The molecule has 0 bridgehead atoms. The number of rotatable bonds is 2. The van der Waals surface area contributed by atoms with Crippen LogP contribution in [0.4, 0.5) is 24.7 Å². The molecule has 4 nitrogen and oxygen atoms in total. The predicted molar refractivity (Wildman–Crippen MR) is 58.4 cm³/mol. The summed E-state index contributed by atoms with van der Waals surface area (Å²) in [5.74, 6) is -0.241. The molecule has 0 saturated carbocycles. The predicted octanol–water partition coefficient (Wildman–Crippen LogP) is 2.94. The number of aromatic hydroxyl groups is 1. The summed E-state index contributed by atoms with van der Waals surface area (Å²) >= 11 is 0. The molecule has 0 amide bonds. The number of anilines is 2. The fourth-order valence-electron chi connectivity index (χ4n) is 1.30. The standard InChI is InChI=1S/C11H8F3N3O/c12-11(13,14)7-1-3-8(4-2-7)17-9-10(18)16-6-5-15-9/h1-6H,(H,15,17)(H,16,18). The quantitative estimate of drug-likeness (QED) is 0.866. The van der Waals surface area contributed by atoms with Gasteiger partial charge >= 0.3 is 6.18 Å². The van der Waals surface area contributed by atoms with E-state index >= 15 is 0 Å². The summed E-state index contributed by atoms with van der Waals surface area (Å²) in [6, 6.07) is 4.37. The topological polar surface area (TPSA) is 58.0 Å². The molecular formula is C11H8F3N3O. The lowest BCUT2D eigenvalue weighted by molar-refractivity contribution is -0.137. The third-order valence-corrected chi connectivity index (χ3v) is 2.15. The van der Waals surface area contributed by atoms with E-state index in [4.69, 9.17) is 0 Å². The third kappa shape index (κ3) is 2.68. The molecule has 0 unspecified atom stereocenters. The number of hydrogen-bond donors (Lipinski definition) is 2. The Bertz CT molecular complexity index is 540. The molecule has 18 heavy (non-hydrogen) atoms. The van der Waals surface area contributed by atoms with Crippen molar-refractivity contribution in [2.24, 2.45) is 0 Å². The molecular weight excluding hydrogens is 247 g/mol. The van der Waals surface area contributed by atoms with Crippen molar-refractivity contribution in [3.8, 4) is 5.88 Å². The molecule has 7 heteroatoms. The minimum Gasteiger partial charge on any atom is -0.491 e. The Morgan fingerprint density at radius 1 is 1.00 bits per heavy atom. The van der Waals surface area contributed by atoms with Crippen LogP contribution in [-0.2, 0) is 6.18 Å². The lowest BCUT2D eigenvalue weighted by atomic mass is 10.2. The average Bonchev–Trinajstić information content (AvgIpc) is 2.32. The van der Waals surface area contributed by atoms with Gasteiger partial charge in [-0.25, -0.2) is 9.97 Å². The first-order valence-electron chi connectivity index (χ1n) is 4.91. The highest BCUT2D eigenvalue weighted by Gasteiger charge is 2.29. The summed E-state index contributed by atoms with van der Waals surface area (Å²) in [6.45, 7) is 0. The summed E-state index contributed by atoms with van der Waals surface area (Å²) in [5, 5.41) is 12.0. The van der Waals surface area contributed by atoms with Crippen LogP contribution in [0.2, 0.25) is 0 Å². The van der Waals surface area contributed by atoms with Gasteiger partial charge in [0.15, 0.2) is 5.82 Å². The molecule has 1 aromatic carbocycles. The van der Waals surface area contributed by atoms with E-state index in [2.05, 4.69) is 15.3 Å². The van der Waals surface area contributed by atoms with Crippen LogP contribution in [0.15, 0.2) is 36.7 Å². The minimum absolute atomic E-state index is 0.0808. The van der Waals surface area contributed by atoms with Crippen molar-refractivity contribution >= 4 is 11.5 Å². The molecule has 94 valence electrons.